The van der Waals surface area contributed by atoms with Gasteiger partial charge in [0.15, 0.2) is 12.0 Å². The summed E-state index contributed by atoms with van der Waals surface area (Å²) in [6, 6.07) is 17.3. The van der Waals surface area contributed by atoms with Crippen molar-refractivity contribution in [3.8, 4) is 0 Å². The zero-order valence-electron chi connectivity index (χ0n) is 14.3. The fourth-order valence-corrected chi connectivity index (χ4v) is 3.63. The van der Waals surface area contributed by atoms with Crippen molar-refractivity contribution in [1.82, 2.24) is 4.57 Å². The summed E-state index contributed by atoms with van der Waals surface area (Å²) in [6.45, 7) is 4.74. The van der Waals surface area contributed by atoms with Gasteiger partial charge in [0, 0.05) is 35.6 Å². The van der Waals surface area contributed by atoms with E-state index in [1.54, 1.807) is 18.2 Å². The lowest BCUT2D eigenvalue weighted by molar-refractivity contribution is -0.645. The third-order valence-corrected chi connectivity index (χ3v) is 5.22. The highest BCUT2D eigenvalue weighted by Crippen LogP contribution is 2.21. The Morgan fingerprint density at radius 3 is 2.56 bits per heavy atom. The minimum absolute atomic E-state index is 0.0428. The summed E-state index contributed by atoms with van der Waals surface area (Å²) in [4.78, 5) is 12.6. The molecule has 3 rings (SSSR count). The summed E-state index contributed by atoms with van der Waals surface area (Å²) in [6.07, 6.45) is 1.44. The molecule has 0 aliphatic carbocycles. The molecule has 0 N–H and O–H groups in total. The topological polar surface area (TPSA) is 48.9 Å². The molecule has 0 saturated heterocycles. The molecule has 0 amide bonds. The van der Waals surface area contributed by atoms with E-state index in [0.29, 0.717) is 5.03 Å². The van der Waals surface area contributed by atoms with Crippen LogP contribution in [-0.2, 0) is 6.54 Å². The average Bonchev–Trinajstić information content (AvgIpc) is 2.90. The highest BCUT2D eigenvalue weighted by molar-refractivity contribution is 7.99. The quantitative estimate of drug-likeness (QED) is 0.294. The van der Waals surface area contributed by atoms with Crippen LogP contribution >= 0.6 is 11.8 Å². The molecule has 0 saturated carbocycles. The predicted molar refractivity (Wildman–Crippen MR) is 99.9 cm³/mol. The van der Waals surface area contributed by atoms with Crippen molar-refractivity contribution in [1.29, 1.82) is 0 Å². The molecule has 2 aromatic heterocycles. The molecule has 0 aliphatic heterocycles. The van der Waals surface area contributed by atoms with Crippen LogP contribution in [0, 0.1) is 19.1 Å². The third-order valence-electron chi connectivity index (χ3n) is 4.20. The molecule has 0 unspecified atom stereocenters. The Morgan fingerprint density at radius 1 is 1.12 bits per heavy atom. The minimum Gasteiger partial charge on any atom is -0.618 e. The Bertz CT molecular complexity index is 888. The van der Waals surface area contributed by atoms with Crippen molar-refractivity contribution in [3.63, 3.8) is 0 Å². The largest absolute Gasteiger partial charge is 0.618 e. The first-order chi connectivity index (χ1) is 12.1. The van der Waals surface area contributed by atoms with Crippen LogP contribution in [0.5, 0.6) is 0 Å². The van der Waals surface area contributed by atoms with E-state index < -0.39 is 0 Å². The van der Waals surface area contributed by atoms with Gasteiger partial charge in [0.2, 0.25) is 0 Å². The Labute approximate surface area is 151 Å². The second kappa shape index (κ2) is 7.57. The molecule has 0 fully saturated rings. The summed E-state index contributed by atoms with van der Waals surface area (Å²) in [5.74, 6) is 0.295. The number of ketones is 1. The fourth-order valence-electron chi connectivity index (χ4n) is 2.83. The zero-order valence-corrected chi connectivity index (χ0v) is 15.1. The fraction of sp³-hybridized carbons (Fsp3) is 0.200. The van der Waals surface area contributed by atoms with Gasteiger partial charge in [0.1, 0.15) is 0 Å². The SMILES string of the molecule is Cc1cc(C(=O)CSc2cccc[n+]2[O-])c(C)n1Cc1ccccc1. The van der Waals surface area contributed by atoms with E-state index >= 15 is 0 Å². The molecular formula is C20H20N2O2S. The van der Waals surface area contributed by atoms with Crippen LogP contribution in [0.1, 0.15) is 27.3 Å². The van der Waals surface area contributed by atoms with Crippen molar-refractivity contribution in [2.75, 3.05) is 5.75 Å². The molecule has 0 aliphatic rings. The van der Waals surface area contributed by atoms with E-state index in [4.69, 9.17) is 0 Å². The second-order valence-electron chi connectivity index (χ2n) is 5.93. The van der Waals surface area contributed by atoms with Crippen LogP contribution < -0.4 is 4.73 Å². The first-order valence-electron chi connectivity index (χ1n) is 8.11. The molecule has 4 nitrogen and oxygen atoms in total. The van der Waals surface area contributed by atoms with Crippen LogP contribution in [0.2, 0.25) is 0 Å². The lowest BCUT2D eigenvalue weighted by Gasteiger charge is -2.10. The summed E-state index contributed by atoms with van der Waals surface area (Å²) in [5.41, 5.74) is 3.96. The molecular weight excluding hydrogens is 332 g/mol. The maximum atomic E-state index is 12.6. The molecule has 5 heteroatoms. The lowest BCUT2D eigenvalue weighted by atomic mass is 10.2. The normalized spacial score (nSPS) is 10.8. The molecule has 1 aromatic carbocycles. The van der Waals surface area contributed by atoms with Crippen LogP contribution in [0.25, 0.3) is 0 Å². The van der Waals surface area contributed by atoms with Crippen molar-refractivity contribution >= 4 is 17.5 Å². The zero-order chi connectivity index (χ0) is 17.8. The van der Waals surface area contributed by atoms with Gasteiger partial charge in [-0.3, -0.25) is 4.79 Å². The monoisotopic (exact) mass is 352 g/mol. The van der Waals surface area contributed by atoms with Gasteiger partial charge in [-0.15, -0.1) is 0 Å². The molecule has 128 valence electrons. The van der Waals surface area contributed by atoms with Crippen LogP contribution in [-0.4, -0.2) is 16.1 Å². The Morgan fingerprint density at radius 2 is 1.84 bits per heavy atom. The lowest BCUT2D eigenvalue weighted by Crippen LogP contribution is -2.28. The van der Waals surface area contributed by atoms with E-state index in [1.165, 1.54) is 23.5 Å². The van der Waals surface area contributed by atoms with E-state index in [9.17, 15) is 10.0 Å². The van der Waals surface area contributed by atoms with Crippen molar-refractivity contribution in [3.05, 3.63) is 88.5 Å². The van der Waals surface area contributed by atoms with Gasteiger partial charge in [-0.2, -0.15) is 4.73 Å². The standard InChI is InChI=1S/C20H20N2O2S/c1-15-12-18(16(2)21(15)13-17-8-4-3-5-9-17)19(23)14-25-20-10-6-7-11-22(20)24/h3-12H,13-14H2,1-2H3. The van der Waals surface area contributed by atoms with Crippen molar-refractivity contribution < 1.29 is 9.52 Å². The van der Waals surface area contributed by atoms with E-state index in [0.717, 1.165) is 28.2 Å². The second-order valence-corrected chi connectivity index (χ2v) is 6.93. The molecule has 25 heavy (non-hydrogen) atoms. The number of Topliss-reactive ketones (excluding diaryl/α,β-unsaturated/α-hetero) is 1. The maximum Gasteiger partial charge on any atom is 0.251 e. The number of hydrogen-bond donors (Lipinski definition) is 0. The summed E-state index contributed by atoms with van der Waals surface area (Å²) in [5, 5.41) is 12.2. The van der Waals surface area contributed by atoms with Crippen LogP contribution in [0.3, 0.4) is 0 Å². The maximum absolute atomic E-state index is 12.6. The van der Waals surface area contributed by atoms with Crippen LogP contribution in [0.4, 0.5) is 0 Å². The minimum atomic E-state index is 0.0428. The number of carbonyl (C=O) groups is 1. The molecule has 0 atom stereocenters. The Balaban J connectivity index is 1.75. The molecule has 0 radical (unpaired) electrons. The summed E-state index contributed by atoms with van der Waals surface area (Å²) < 4.78 is 2.94. The number of aromatic nitrogens is 2. The highest BCUT2D eigenvalue weighted by Gasteiger charge is 2.17. The van der Waals surface area contributed by atoms with Gasteiger partial charge in [-0.05, 0) is 43.3 Å². The number of aryl methyl sites for hydroxylation is 1. The van der Waals surface area contributed by atoms with Gasteiger partial charge >= 0.3 is 0 Å². The number of carbonyl (C=O) groups excluding carboxylic acids is 1. The summed E-state index contributed by atoms with van der Waals surface area (Å²) in [7, 11) is 0. The number of nitrogens with zero attached hydrogens (tertiary/aromatic N) is 2. The predicted octanol–water partition coefficient (Wildman–Crippen LogP) is 3.76. The van der Waals surface area contributed by atoms with Gasteiger partial charge in [0.05, 0.1) is 5.75 Å². The third kappa shape index (κ3) is 3.94. The van der Waals surface area contributed by atoms with Gasteiger partial charge in [0.25, 0.3) is 5.03 Å². The Kier molecular flexibility index (Phi) is 5.24. The highest BCUT2D eigenvalue weighted by atomic mass is 32.2. The molecule has 3 aromatic rings. The number of hydrogen-bond acceptors (Lipinski definition) is 3. The van der Waals surface area contributed by atoms with E-state index in [1.807, 2.05) is 38.1 Å². The van der Waals surface area contributed by atoms with Crippen molar-refractivity contribution in [2.45, 2.75) is 25.4 Å². The molecule has 0 spiro atoms. The number of thioether (sulfide) groups is 1. The first-order valence-corrected chi connectivity index (χ1v) is 9.09. The van der Waals surface area contributed by atoms with E-state index in [2.05, 4.69) is 16.7 Å². The molecule has 2 heterocycles. The smallest absolute Gasteiger partial charge is 0.251 e. The van der Waals surface area contributed by atoms with Gasteiger partial charge in [-0.25, -0.2) is 0 Å². The van der Waals surface area contributed by atoms with Crippen molar-refractivity contribution in [2.24, 2.45) is 0 Å². The van der Waals surface area contributed by atoms with Gasteiger partial charge < -0.3 is 9.77 Å². The number of benzene rings is 1. The van der Waals surface area contributed by atoms with Gasteiger partial charge in [-0.1, -0.05) is 30.3 Å². The number of pyridine rings is 1. The summed E-state index contributed by atoms with van der Waals surface area (Å²) >= 11 is 1.27. The first kappa shape index (κ1) is 17.3. The van der Waals surface area contributed by atoms with E-state index in [-0.39, 0.29) is 11.5 Å². The Hall–Kier alpha value is -2.53. The van der Waals surface area contributed by atoms with Crippen LogP contribution in [0.15, 0.2) is 65.8 Å². The number of rotatable bonds is 6. The molecule has 0 bridgehead atoms. The average molecular weight is 352 g/mol.